The molecule has 0 aliphatic carbocycles. The molecule has 0 saturated heterocycles. The Kier molecular flexibility index (Phi) is 5.36. The van der Waals surface area contributed by atoms with E-state index in [2.05, 4.69) is 16.7 Å². The fourth-order valence-electron chi connectivity index (χ4n) is 2.36. The maximum absolute atomic E-state index is 12.2. The first-order valence-electron chi connectivity index (χ1n) is 7.00. The van der Waals surface area contributed by atoms with Gasteiger partial charge < -0.3 is 15.4 Å². The smallest absolute Gasteiger partial charge is 0.251 e. The topological polar surface area (TPSA) is 50.4 Å². The molecule has 0 spiro atoms. The van der Waals surface area contributed by atoms with Crippen LogP contribution in [0.15, 0.2) is 18.2 Å². The van der Waals surface area contributed by atoms with E-state index in [9.17, 15) is 4.79 Å². The zero-order chi connectivity index (χ0) is 13.5. The standard InChI is InChI=1S/C15H22N2O2/c1-2-19-10-4-8-17-15(18)14-6-3-5-12-11-16-9-7-13(12)14/h3,5-6,16H,2,4,7-11H2,1H3,(H,17,18). The first-order valence-corrected chi connectivity index (χ1v) is 7.00. The second-order valence-corrected chi connectivity index (χ2v) is 4.68. The van der Waals surface area contributed by atoms with Crippen molar-refractivity contribution in [1.29, 1.82) is 0 Å². The molecule has 1 aliphatic heterocycles. The SMILES string of the molecule is CCOCCCNC(=O)c1cccc2c1CCNC2. The molecule has 0 saturated carbocycles. The second-order valence-electron chi connectivity index (χ2n) is 4.68. The van der Waals surface area contributed by atoms with Crippen molar-refractivity contribution in [3.63, 3.8) is 0 Å². The van der Waals surface area contributed by atoms with Crippen LogP contribution in [0.4, 0.5) is 0 Å². The van der Waals surface area contributed by atoms with Gasteiger partial charge in [-0.3, -0.25) is 4.79 Å². The van der Waals surface area contributed by atoms with Gasteiger partial charge in [0.05, 0.1) is 0 Å². The minimum Gasteiger partial charge on any atom is -0.382 e. The molecule has 2 N–H and O–H groups in total. The lowest BCUT2D eigenvalue weighted by molar-refractivity contribution is 0.0943. The highest BCUT2D eigenvalue weighted by atomic mass is 16.5. The summed E-state index contributed by atoms with van der Waals surface area (Å²) in [5.74, 6) is 0.0373. The monoisotopic (exact) mass is 262 g/mol. The molecule has 1 heterocycles. The average Bonchev–Trinajstić information content (AvgIpc) is 2.46. The van der Waals surface area contributed by atoms with Gasteiger partial charge in [0.1, 0.15) is 0 Å². The highest BCUT2D eigenvalue weighted by Crippen LogP contribution is 2.18. The number of rotatable bonds is 6. The van der Waals surface area contributed by atoms with Crippen LogP contribution in [0, 0.1) is 0 Å². The van der Waals surface area contributed by atoms with Crippen molar-refractivity contribution >= 4 is 5.91 Å². The zero-order valence-corrected chi connectivity index (χ0v) is 11.5. The fourth-order valence-corrected chi connectivity index (χ4v) is 2.36. The van der Waals surface area contributed by atoms with Crippen LogP contribution in [0.1, 0.15) is 34.8 Å². The Morgan fingerprint density at radius 2 is 2.37 bits per heavy atom. The Bertz CT molecular complexity index is 432. The summed E-state index contributed by atoms with van der Waals surface area (Å²) >= 11 is 0. The lowest BCUT2D eigenvalue weighted by Crippen LogP contribution is -2.30. The van der Waals surface area contributed by atoms with Gasteiger partial charge in [0.25, 0.3) is 5.91 Å². The fraction of sp³-hybridized carbons (Fsp3) is 0.533. The zero-order valence-electron chi connectivity index (χ0n) is 11.5. The highest BCUT2D eigenvalue weighted by Gasteiger charge is 2.16. The molecule has 19 heavy (non-hydrogen) atoms. The van der Waals surface area contributed by atoms with Gasteiger partial charge >= 0.3 is 0 Å². The summed E-state index contributed by atoms with van der Waals surface area (Å²) in [7, 11) is 0. The van der Waals surface area contributed by atoms with E-state index in [1.165, 1.54) is 11.1 Å². The van der Waals surface area contributed by atoms with E-state index in [0.717, 1.165) is 38.1 Å². The van der Waals surface area contributed by atoms with Crippen molar-refractivity contribution in [3.8, 4) is 0 Å². The van der Waals surface area contributed by atoms with E-state index in [0.29, 0.717) is 13.2 Å². The lowest BCUT2D eigenvalue weighted by atomic mass is 9.95. The van der Waals surface area contributed by atoms with Crippen LogP contribution in [0.25, 0.3) is 0 Å². The quantitative estimate of drug-likeness (QED) is 0.764. The van der Waals surface area contributed by atoms with Crippen molar-refractivity contribution in [2.24, 2.45) is 0 Å². The number of carbonyl (C=O) groups is 1. The van der Waals surface area contributed by atoms with Gasteiger partial charge in [0, 0.05) is 31.9 Å². The van der Waals surface area contributed by atoms with Crippen molar-refractivity contribution in [3.05, 3.63) is 34.9 Å². The van der Waals surface area contributed by atoms with E-state index < -0.39 is 0 Å². The number of ether oxygens (including phenoxy) is 1. The van der Waals surface area contributed by atoms with Crippen LogP contribution in [0.3, 0.4) is 0 Å². The molecule has 1 aliphatic rings. The molecule has 4 heteroatoms. The molecule has 0 unspecified atom stereocenters. The Morgan fingerprint density at radius 3 is 3.21 bits per heavy atom. The van der Waals surface area contributed by atoms with Crippen LogP contribution in [-0.2, 0) is 17.7 Å². The van der Waals surface area contributed by atoms with Gasteiger partial charge in [-0.2, -0.15) is 0 Å². The van der Waals surface area contributed by atoms with Crippen molar-refractivity contribution in [2.45, 2.75) is 26.3 Å². The summed E-state index contributed by atoms with van der Waals surface area (Å²) < 4.78 is 5.25. The summed E-state index contributed by atoms with van der Waals surface area (Å²) in [5, 5.41) is 6.29. The molecule has 1 aromatic rings. The molecule has 0 radical (unpaired) electrons. The number of benzene rings is 1. The third kappa shape index (κ3) is 3.78. The van der Waals surface area contributed by atoms with E-state index >= 15 is 0 Å². The lowest BCUT2D eigenvalue weighted by Gasteiger charge is -2.19. The Labute approximate surface area is 114 Å². The van der Waals surface area contributed by atoms with Crippen LogP contribution in [0.5, 0.6) is 0 Å². The average molecular weight is 262 g/mol. The molecule has 0 atom stereocenters. The summed E-state index contributed by atoms with van der Waals surface area (Å²) in [6, 6.07) is 5.97. The van der Waals surface area contributed by atoms with Crippen LogP contribution >= 0.6 is 0 Å². The molecule has 1 aromatic carbocycles. The van der Waals surface area contributed by atoms with Gasteiger partial charge in [-0.05, 0) is 43.5 Å². The number of hydrogen-bond donors (Lipinski definition) is 2. The Morgan fingerprint density at radius 1 is 1.47 bits per heavy atom. The minimum absolute atomic E-state index is 0.0373. The molecule has 2 rings (SSSR count). The minimum atomic E-state index is 0.0373. The van der Waals surface area contributed by atoms with Gasteiger partial charge in [0.2, 0.25) is 0 Å². The predicted molar refractivity (Wildman–Crippen MR) is 75.3 cm³/mol. The van der Waals surface area contributed by atoms with Crippen LogP contribution < -0.4 is 10.6 Å². The van der Waals surface area contributed by atoms with E-state index in [-0.39, 0.29) is 5.91 Å². The molecule has 0 fully saturated rings. The largest absolute Gasteiger partial charge is 0.382 e. The maximum atomic E-state index is 12.2. The number of hydrogen-bond acceptors (Lipinski definition) is 3. The number of amides is 1. The second kappa shape index (κ2) is 7.26. The Balaban J connectivity index is 1.92. The van der Waals surface area contributed by atoms with Gasteiger partial charge in [-0.1, -0.05) is 12.1 Å². The molecular weight excluding hydrogens is 240 g/mol. The van der Waals surface area contributed by atoms with Gasteiger partial charge in [0.15, 0.2) is 0 Å². The molecule has 0 bridgehead atoms. The van der Waals surface area contributed by atoms with E-state index in [4.69, 9.17) is 4.74 Å². The third-order valence-electron chi connectivity index (χ3n) is 3.34. The number of carbonyl (C=O) groups excluding carboxylic acids is 1. The first kappa shape index (κ1) is 14.0. The van der Waals surface area contributed by atoms with Crippen LogP contribution in [-0.4, -0.2) is 32.2 Å². The van der Waals surface area contributed by atoms with E-state index in [1.807, 2.05) is 19.1 Å². The molecule has 0 aromatic heterocycles. The number of nitrogens with one attached hydrogen (secondary N) is 2. The summed E-state index contributed by atoms with van der Waals surface area (Å²) in [4.78, 5) is 12.2. The first-order chi connectivity index (χ1) is 9.33. The van der Waals surface area contributed by atoms with E-state index in [1.54, 1.807) is 0 Å². The van der Waals surface area contributed by atoms with Crippen LogP contribution in [0.2, 0.25) is 0 Å². The summed E-state index contributed by atoms with van der Waals surface area (Å²) in [6.07, 6.45) is 1.79. The summed E-state index contributed by atoms with van der Waals surface area (Å²) in [5.41, 5.74) is 3.27. The van der Waals surface area contributed by atoms with Crippen molar-refractivity contribution < 1.29 is 9.53 Å². The van der Waals surface area contributed by atoms with Crippen molar-refractivity contribution in [2.75, 3.05) is 26.3 Å². The molecule has 1 amide bonds. The van der Waals surface area contributed by atoms with Gasteiger partial charge in [-0.25, -0.2) is 0 Å². The normalized spacial score (nSPS) is 13.9. The predicted octanol–water partition coefficient (Wildman–Crippen LogP) is 1.49. The van der Waals surface area contributed by atoms with Gasteiger partial charge in [-0.15, -0.1) is 0 Å². The molecule has 104 valence electrons. The third-order valence-corrected chi connectivity index (χ3v) is 3.34. The molecule has 4 nitrogen and oxygen atoms in total. The molecular formula is C15H22N2O2. The maximum Gasteiger partial charge on any atom is 0.251 e. The van der Waals surface area contributed by atoms with Crippen molar-refractivity contribution in [1.82, 2.24) is 10.6 Å². The highest BCUT2D eigenvalue weighted by molar-refractivity contribution is 5.96. The Hall–Kier alpha value is -1.39. The summed E-state index contributed by atoms with van der Waals surface area (Å²) in [6.45, 7) is 5.88. The number of fused-ring (bicyclic) bond motifs is 1.